The van der Waals surface area contributed by atoms with Crippen molar-refractivity contribution in [2.75, 3.05) is 13.1 Å². The number of amides is 3. The minimum absolute atomic E-state index is 0.0426. The highest BCUT2D eigenvalue weighted by Gasteiger charge is 2.26. The van der Waals surface area contributed by atoms with Gasteiger partial charge in [0.25, 0.3) is 0 Å². The van der Waals surface area contributed by atoms with Crippen molar-refractivity contribution >= 4 is 40.9 Å². The first-order valence-corrected chi connectivity index (χ1v) is 6.26. The molecule has 5 nitrogen and oxygen atoms in total. The Morgan fingerprint density at radius 1 is 1.16 bits per heavy atom. The zero-order chi connectivity index (χ0) is 14.0. The van der Waals surface area contributed by atoms with E-state index in [4.69, 9.17) is 23.2 Å². The average molecular weight is 301 g/mol. The molecule has 1 aliphatic rings. The van der Waals surface area contributed by atoms with E-state index in [1.54, 1.807) is 18.2 Å². The molecule has 0 unspecified atom stereocenters. The maximum Gasteiger partial charge on any atom is 0.246 e. The summed E-state index contributed by atoms with van der Waals surface area (Å²) in [7, 11) is 0. The number of halogens is 2. The van der Waals surface area contributed by atoms with Crippen molar-refractivity contribution in [3.05, 3.63) is 33.8 Å². The number of carbonyl (C=O) groups excluding carboxylic acids is 3. The number of benzene rings is 1. The molecule has 0 radical (unpaired) electrons. The van der Waals surface area contributed by atoms with Crippen molar-refractivity contribution in [2.24, 2.45) is 0 Å². The van der Waals surface area contributed by atoms with Crippen molar-refractivity contribution in [2.45, 2.75) is 6.42 Å². The van der Waals surface area contributed by atoms with E-state index in [0.29, 0.717) is 15.6 Å². The molecule has 2 rings (SSSR count). The van der Waals surface area contributed by atoms with Crippen LogP contribution in [0.2, 0.25) is 10.0 Å². The van der Waals surface area contributed by atoms with Gasteiger partial charge < -0.3 is 4.90 Å². The summed E-state index contributed by atoms with van der Waals surface area (Å²) >= 11 is 11.9. The number of nitrogens with one attached hydrogen (secondary N) is 1. The third-order valence-corrected chi connectivity index (χ3v) is 3.40. The van der Waals surface area contributed by atoms with Gasteiger partial charge in [0, 0.05) is 10.0 Å². The van der Waals surface area contributed by atoms with Gasteiger partial charge in [0.05, 0.1) is 6.42 Å². The van der Waals surface area contributed by atoms with Crippen LogP contribution < -0.4 is 5.32 Å². The molecule has 1 aliphatic heterocycles. The third-order valence-electron chi connectivity index (χ3n) is 2.69. The fraction of sp³-hybridized carbons (Fsp3) is 0.250. The number of piperazine rings is 1. The maximum absolute atomic E-state index is 12.0. The van der Waals surface area contributed by atoms with Gasteiger partial charge in [0.2, 0.25) is 17.7 Å². The predicted molar refractivity (Wildman–Crippen MR) is 69.9 cm³/mol. The van der Waals surface area contributed by atoms with E-state index in [2.05, 4.69) is 5.32 Å². The van der Waals surface area contributed by atoms with Gasteiger partial charge in [0.15, 0.2) is 0 Å². The van der Waals surface area contributed by atoms with Crippen LogP contribution in [0.3, 0.4) is 0 Å². The van der Waals surface area contributed by atoms with E-state index in [9.17, 15) is 14.4 Å². The van der Waals surface area contributed by atoms with Gasteiger partial charge in [-0.05, 0) is 17.7 Å². The third kappa shape index (κ3) is 3.24. The standard InChI is InChI=1S/C12H10Cl2N2O3/c13-8-2-1-3-9(14)7(8)4-12(19)16-5-10(17)15-11(18)6-16/h1-3H,4-6H2,(H,15,17,18). The normalized spacial score (nSPS) is 15.4. The van der Waals surface area contributed by atoms with Gasteiger partial charge in [-0.1, -0.05) is 29.3 Å². The van der Waals surface area contributed by atoms with Crippen LogP contribution >= 0.6 is 23.2 Å². The molecule has 1 aromatic carbocycles. The highest BCUT2D eigenvalue weighted by atomic mass is 35.5. The van der Waals surface area contributed by atoms with E-state index < -0.39 is 11.8 Å². The Balaban J connectivity index is 2.13. The van der Waals surface area contributed by atoms with Crippen molar-refractivity contribution in [1.29, 1.82) is 0 Å². The quantitative estimate of drug-likeness (QED) is 0.829. The monoisotopic (exact) mass is 300 g/mol. The lowest BCUT2D eigenvalue weighted by molar-refractivity contribution is -0.145. The average Bonchev–Trinajstić information content (AvgIpc) is 2.32. The topological polar surface area (TPSA) is 66.5 Å². The first kappa shape index (κ1) is 13.8. The first-order valence-electron chi connectivity index (χ1n) is 5.50. The second kappa shape index (κ2) is 5.59. The van der Waals surface area contributed by atoms with E-state index in [1.165, 1.54) is 4.90 Å². The van der Waals surface area contributed by atoms with Gasteiger partial charge in [-0.3, -0.25) is 19.7 Å². The zero-order valence-electron chi connectivity index (χ0n) is 9.78. The number of nitrogens with zero attached hydrogens (tertiary/aromatic N) is 1. The summed E-state index contributed by atoms with van der Waals surface area (Å²) in [5, 5.41) is 2.89. The predicted octanol–water partition coefficient (Wildman–Crippen LogP) is 1.02. The summed E-state index contributed by atoms with van der Waals surface area (Å²) in [5.41, 5.74) is 0.495. The smallest absolute Gasteiger partial charge is 0.246 e. The lowest BCUT2D eigenvalue weighted by Gasteiger charge is -2.25. The van der Waals surface area contributed by atoms with Crippen molar-refractivity contribution in [3.63, 3.8) is 0 Å². The summed E-state index contributed by atoms with van der Waals surface area (Å²) < 4.78 is 0. The van der Waals surface area contributed by atoms with Crippen LogP contribution in [0.15, 0.2) is 18.2 Å². The Labute approximate surface area is 119 Å². The number of carbonyl (C=O) groups is 3. The van der Waals surface area contributed by atoms with Crippen molar-refractivity contribution < 1.29 is 14.4 Å². The molecule has 0 atom stereocenters. The molecular formula is C12H10Cl2N2O3. The molecule has 1 N–H and O–H groups in total. The molecule has 0 saturated carbocycles. The summed E-state index contributed by atoms with van der Waals surface area (Å²) in [4.78, 5) is 35.6. The highest BCUT2D eigenvalue weighted by molar-refractivity contribution is 6.36. The molecule has 1 fully saturated rings. The molecule has 1 saturated heterocycles. The molecule has 0 aliphatic carbocycles. The second-order valence-corrected chi connectivity index (χ2v) is 4.91. The first-order chi connectivity index (χ1) is 8.97. The number of hydrogen-bond acceptors (Lipinski definition) is 3. The van der Waals surface area contributed by atoms with E-state index >= 15 is 0 Å². The van der Waals surface area contributed by atoms with Crippen molar-refractivity contribution in [1.82, 2.24) is 10.2 Å². The van der Waals surface area contributed by atoms with Crippen LogP contribution in [0.1, 0.15) is 5.56 Å². The highest BCUT2D eigenvalue weighted by Crippen LogP contribution is 2.25. The molecule has 7 heteroatoms. The van der Waals surface area contributed by atoms with Gasteiger partial charge in [-0.2, -0.15) is 0 Å². The fourth-order valence-electron chi connectivity index (χ4n) is 1.78. The lowest BCUT2D eigenvalue weighted by Crippen LogP contribution is -2.53. The summed E-state index contributed by atoms with van der Waals surface area (Å²) in [6.45, 7) is -0.265. The Bertz CT molecular complexity index is 524. The molecule has 100 valence electrons. The van der Waals surface area contributed by atoms with Crippen LogP contribution in [0, 0.1) is 0 Å². The molecule has 0 aromatic heterocycles. The second-order valence-electron chi connectivity index (χ2n) is 4.10. The molecule has 1 aromatic rings. The molecule has 0 spiro atoms. The number of rotatable bonds is 2. The Kier molecular flexibility index (Phi) is 4.07. The fourth-order valence-corrected chi connectivity index (χ4v) is 2.31. The van der Waals surface area contributed by atoms with E-state index in [1.807, 2.05) is 0 Å². The van der Waals surface area contributed by atoms with Crippen LogP contribution in [0.25, 0.3) is 0 Å². The van der Waals surface area contributed by atoms with E-state index in [-0.39, 0.29) is 25.4 Å². The summed E-state index contributed by atoms with van der Waals surface area (Å²) in [6, 6.07) is 4.94. The van der Waals surface area contributed by atoms with Gasteiger partial charge in [-0.15, -0.1) is 0 Å². The minimum atomic E-state index is -0.491. The van der Waals surface area contributed by atoms with Gasteiger partial charge in [0.1, 0.15) is 13.1 Å². The Morgan fingerprint density at radius 3 is 2.21 bits per heavy atom. The summed E-state index contributed by atoms with van der Waals surface area (Å²) in [6.07, 6.45) is -0.0426. The van der Waals surface area contributed by atoms with Crippen LogP contribution in [0.4, 0.5) is 0 Å². The van der Waals surface area contributed by atoms with Gasteiger partial charge in [-0.25, -0.2) is 0 Å². The Hall–Kier alpha value is -1.59. The minimum Gasteiger partial charge on any atom is -0.324 e. The maximum atomic E-state index is 12.0. The van der Waals surface area contributed by atoms with E-state index in [0.717, 1.165) is 0 Å². The van der Waals surface area contributed by atoms with Gasteiger partial charge >= 0.3 is 0 Å². The van der Waals surface area contributed by atoms with Crippen molar-refractivity contribution in [3.8, 4) is 0 Å². The SMILES string of the molecule is O=C1CN(C(=O)Cc2c(Cl)cccc2Cl)CC(=O)N1. The largest absolute Gasteiger partial charge is 0.324 e. The van der Waals surface area contributed by atoms with Crippen LogP contribution in [0.5, 0.6) is 0 Å². The number of imide groups is 1. The molecule has 3 amide bonds. The number of hydrogen-bond donors (Lipinski definition) is 1. The molecule has 0 bridgehead atoms. The van der Waals surface area contributed by atoms with Crippen LogP contribution in [-0.4, -0.2) is 35.7 Å². The Morgan fingerprint density at radius 2 is 1.68 bits per heavy atom. The molecule has 19 heavy (non-hydrogen) atoms. The molecule has 1 heterocycles. The molecular weight excluding hydrogens is 291 g/mol. The summed E-state index contributed by atoms with van der Waals surface area (Å²) in [5.74, 6) is -1.34. The lowest BCUT2D eigenvalue weighted by atomic mass is 10.1. The zero-order valence-corrected chi connectivity index (χ0v) is 11.3. The van der Waals surface area contributed by atoms with Crippen LogP contribution in [-0.2, 0) is 20.8 Å².